The van der Waals surface area contributed by atoms with E-state index in [-0.39, 0.29) is 0 Å². The van der Waals surface area contributed by atoms with E-state index in [1.54, 1.807) is 12.1 Å². The van der Waals surface area contributed by atoms with Gasteiger partial charge in [0.15, 0.2) is 0 Å². The lowest BCUT2D eigenvalue weighted by Gasteiger charge is -2.05. The van der Waals surface area contributed by atoms with E-state index in [0.717, 1.165) is 16.7 Å². The quantitative estimate of drug-likeness (QED) is 0.647. The zero-order chi connectivity index (χ0) is 9.30. The van der Waals surface area contributed by atoms with Crippen molar-refractivity contribution in [2.45, 2.75) is 13.8 Å². The molecular formula is C9H11NOS. The fourth-order valence-electron chi connectivity index (χ4n) is 1.10. The van der Waals surface area contributed by atoms with Crippen LogP contribution in [-0.2, 0) is 0 Å². The number of phenols is 1. The Hall–Kier alpha value is -1.09. The standard InChI is InChI=1S/C9H11NOS/c1-5-3-7(9(10)12)4-6(2)8(5)11/h3-4,11H,1-2H3,(H2,10,12). The van der Waals surface area contributed by atoms with Gasteiger partial charge in [0.25, 0.3) is 0 Å². The number of thiocarbonyl (C=S) groups is 1. The van der Waals surface area contributed by atoms with Crippen LogP contribution in [0.15, 0.2) is 12.1 Å². The maximum Gasteiger partial charge on any atom is 0.121 e. The summed E-state index contributed by atoms with van der Waals surface area (Å²) in [5.41, 5.74) is 7.86. The molecule has 0 heterocycles. The predicted octanol–water partition coefficient (Wildman–Crippen LogP) is 1.64. The number of aryl methyl sites for hydroxylation is 2. The van der Waals surface area contributed by atoms with Crippen LogP contribution in [0.5, 0.6) is 5.75 Å². The van der Waals surface area contributed by atoms with Crippen LogP contribution in [0.4, 0.5) is 0 Å². The van der Waals surface area contributed by atoms with Gasteiger partial charge in [0.2, 0.25) is 0 Å². The first-order valence-corrected chi connectivity index (χ1v) is 4.03. The van der Waals surface area contributed by atoms with Crippen molar-refractivity contribution in [3.63, 3.8) is 0 Å². The van der Waals surface area contributed by atoms with Crippen molar-refractivity contribution in [2.75, 3.05) is 0 Å². The third-order valence-electron chi connectivity index (χ3n) is 1.78. The summed E-state index contributed by atoms with van der Waals surface area (Å²) in [5.74, 6) is 0.315. The molecular weight excluding hydrogens is 170 g/mol. The van der Waals surface area contributed by atoms with Gasteiger partial charge in [-0.3, -0.25) is 0 Å². The van der Waals surface area contributed by atoms with Gasteiger partial charge in [0.05, 0.1) is 0 Å². The number of rotatable bonds is 1. The number of aromatic hydroxyl groups is 1. The van der Waals surface area contributed by atoms with Crippen LogP contribution in [0.2, 0.25) is 0 Å². The molecule has 0 aliphatic heterocycles. The van der Waals surface area contributed by atoms with Crippen LogP contribution in [-0.4, -0.2) is 10.1 Å². The largest absolute Gasteiger partial charge is 0.507 e. The van der Waals surface area contributed by atoms with Crippen molar-refractivity contribution in [2.24, 2.45) is 5.73 Å². The zero-order valence-corrected chi connectivity index (χ0v) is 7.90. The van der Waals surface area contributed by atoms with Crippen molar-refractivity contribution >= 4 is 17.2 Å². The number of benzene rings is 1. The first-order chi connectivity index (χ1) is 5.52. The van der Waals surface area contributed by atoms with Gasteiger partial charge in [-0.25, -0.2) is 0 Å². The predicted molar refractivity (Wildman–Crippen MR) is 53.5 cm³/mol. The van der Waals surface area contributed by atoms with Gasteiger partial charge in [-0.2, -0.15) is 0 Å². The molecule has 3 heteroatoms. The summed E-state index contributed by atoms with van der Waals surface area (Å²) in [6.07, 6.45) is 0. The minimum atomic E-state index is 0.315. The summed E-state index contributed by atoms with van der Waals surface area (Å²) in [6.45, 7) is 3.65. The van der Waals surface area contributed by atoms with Crippen molar-refractivity contribution in [1.82, 2.24) is 0 Å². The fraction of sp³-hybridized carbons (Fsp3) is 0.222. The first-order valence-electron chi connectivity index (χ1n) is 3.62. The summed E-state index contributed by atoms with van der Waals surface area (Å²) in [7, 11) is 0. The highest BCUT2D eigenvalue weighted by Crippen LogP contribution is 2.22. The topological polar surface area (TPSA) is 46.2 Å². The van der Waals surface area contributed by atoms with Gasteiger partial charge in [0, 0.05) is 5.56 Å². The lowest BCUT2D eigenvalue weighted by atomic mass is 10.1. The monoisotopic (exact) mass is 181 g/mol. The third-order valence-corrected chi connectivity index (χ3v) is 2.01. The van der Waals surface area contributed by atoms with Gasteiger partial charge in [0.1, 0.15) is 10.7 Å². The van der Waals surface area contributed by atoms with E-state index in [9.17, 15) is 5.11 Å². The van der Waals surface area contributed by atoms with Gasteiger partial charge in [-0.15, -0.1) is 0 Å². The van der Waals surface area contributed by atoms with E-state index >= 15 is 0 Å². The van der Waals surface area contributed by atoms with Crippen molar-refractivity contribution in [3.8, 4) is 5.75 Å². The number of nitrogens with two attached hydrogens (primary N) is 1. The van der Waals surface area contributed by atoms with Crippen molar-refractivity contribution in [3.05, 3.63) is 28.8 Å². The van der Waals surface area contributed by atoms with E-state index < -0.39 is 0 Å². The Labute approximate surface area is 77.0 Å². The van der Waals surface area contributed by atoms with Crippen LogP contribution in [0.1, 0.15) is 16.7 Å². The van der Waals surface area contributed by atoms with E-state index in [1.807, 2.05) is 13.8 Å². The van der Waals surface area contributed by atoms with Gasteiger partial charge >= 0.3 is 0 Å². The molecule has 0 aliphatic carbocycles. The lowest BCUT2D eigenvalue weighted by Crippen LogP contribution is -2.09. The molecule has 0 radical (unpaired) electrons. The zero-order valence-electron chi connectivity index (χ0n) is 7.09. The van der Waals surface area contributed by atoms with Crippen molar-refractivity contribution in [1.29, 1.82) is 0 Å². The average Bonchev–Trinajstić information content (AvgIpc) is 1.99. The van der Waals surface area contributed by atoms with Crippen LogP contribution < -0.4 is 5.73 Å². The second kappa shape index (κ2) is 3.11. The van der Waals surface area contributed by atoms with Crippen LogP contribution in [0, 0.1) is 13.8 Å². The Bertz CT molecular complexity index is 310. The SMILES string of the molecule is Cc1cc(C(N)=S)cc(C)c1O. The molecule has 3 N–H and O–H groups in total. The molecule has 0 unspecified atom stereocenters. The van der Waals surface area contributed by atoms with Crippen LogP contribution >= 0.6 is 12.2 Å². The van der Waals surface area contributed by atoms with Gasteiger partial charge < -0.3 is 10.8 Å². The summed E-state index contributed by atoms with van der Waals surface area (Å²) >= 11 is 4.82. The molecule has 0 spiro atoms. The molecule has 0 fully saturated rings. The lowest BCUT2D eigenvalue weighted by molar-refractivity contribution is 0.467. The van der Waals surface area contributed by atoms with E-state index in [2.05, 4.69) is 0 Å². The Balaban J connectivity index is 3.31. The Kier molecular flexibility index (Phi) is 2.33. The molecule has 0 saturated carbocycles. The molecule has 0 amide bonds. The second-order valence-corrected chi connectivity index (χ2v) is 3.26. The Morgan fingerprint density at radius 3 is 2.08 bits per heavy atom. The summed E-state index contributed by atoms with van der Waals surface area (Å²) in [4.78, 5) is 0.362. The summed E-state index contributed by atoms with van der Waals surface area (Å²) in [5, 5.41) is 9.43. The van der Waals surface area contributed by atoms with Gasteiger partial charge in [-0.1, -0.05) is 12.2 Å². The molecule has 1 aromatic carbocycles. The molecule has 0 saturated heterocycles. The Morgan fingerprint density at radius 2 is 1.75 bits per heavy atom. The van der Waals surface area contributed by atoms with E-state index in [4.69, 9.17) is 18.0 Å². The first kappa shape index (κ1) is 9.00. The molecule has 0 atom stereocenters. The summed E-state index contributed by atoms with van der Waals surface area (Å²) < 4.78 is 0. The minimum Gasteiger partial charge on any atom is -0.507 e. The number of phenolic OH excluding ortho intramolecular Hbond substituents is 1. The van der Waals surface area contributed by atoms with E-state index in [0.29, 0.717) is 10.7 Å². The van der Waals surface area contributed by atoms with Gasteiger partial charge in [-0.05, 0) is 37.1 Å². The molecule has 0 bridgehead atoms. The molecule has 12 heavy (non-hydrogen) atoms. The smallest absolute Gasteiger partial charge is 0.121 e. The third kappa shape index (κ3) is 1.56. The molecule has 1 rings (SSSR count). The highest BCUT2D eigenvalue weighted by Gasteiger charge is 2.04. The number of hydrogen-bond donors (Lipinski definition) is 2. The summed E-state index contributed by atoms with van der Waals surface area (Å²) in [6, 6.07) is 3.56. The minimum absolute atomic E-state index is 0.315. The fourth-order valence-corrected chi connectivity index (χ4v) is 1.22. The highest BCUT2D eigenvalue weighted by atomic mass is 32.1. The normalized spacial score (nSPS) is 9.83. The van der Waals surface area contributed by atoms with Crippen LogP contribution in [0.3, 0.4) is 0 Å². The molecule has 0 aliphatic rings. The molecule has 64 valence electrons. The molecule has 0 aromatic heterocycles. The number of hydrogen-bond acceptors (Lipinski definition) is 2. The highest BCUT2D eigenvalue weighted by molar-refractivity contribution is 7.80. The van der Waals surface area contributed by atoms with Crippen molar-refractivity contribution < 1.29 is 5.11 Å². The van der Waals surface area contributed by atoms with E-state index in [1.165, 1.54) is 0 Å². The van der Waals surface area contributed by atoms with Crippen LogP contribution in [0.25, 0.3) is 0 Å². The maximum atomic E-state index is 9.43. The average molecular weight is 181 g/mol. The maximum absolute atomic E-state index is 9.43. The Morgan fingerprint density at radius 1 is 1.33 bits per heavy atom. The second-order valence-electron chi connectivity index (χ2n) is 2.82. The molecule has 1 aromatic rings. The molecule has 2 nitrogen and oxygen atoms in total.